The summed E-state index contributed by atoms with van der Waals surface area (Å²) in [5.41, 5.74) is 1.59. The van der Waals surface area contributed by atoms with Gasteiger partial charge >= 0.3 is 0 Å². The molecule has 0 unspecified atom stereocenters. The van der Waals surface area contributed by atoms with Crippen molar-refractivity contribution in [2.45, 2.75) is 20.3 Å². The molecule has 0 saturated heterocycles. The van der Waals surface area contributed by atoms with Crippen molar-refractivity contribution in [3.05, 3.63) is 74.9 Å². The van der Waals surface area contributed by atoms with E-state index in [2.05, 4.69) is 20.4 Å². The van der Waals surface area contributed by atoms with Crippen molar-refractivity contribution >= 4 is 23.3 Å². The molecule has 10 heteroatoms. The monoisotopic (exact) mass is 453 g/mol. The second kappa shape index (κ2) is 8.72. The minimum Gasteiger partial charge on any atom is -0.496 e. The van der Waals surface area contributed by atoms with Crippen LogP contribution < -0.4 is 15.6 Å². The van der Waals surface area contributed by atoms with E-state index in [-0.39, 0.29) is 22.9 Å². The van der Waals surface area contributed by atoms with Crippen molar-refractivity contribution in [1.29, 1.82) is 0 Å². The summed E-state index contributed by atoms with van der Waals surface area (Å²) in [6.07, 6.45) is 2.06. The van der Waals surface area contributed by atoms with Crippen LogP contribution in [-0.2, 0) is 6.42 Å². The Balaban J connectivity index is 1.81. The van der Waals surface area contributed by atoms with Crippen LogP contribution in [0.1, 0.15) is 28.5 Å². The predicted octanol–water partition coefficient (Wildman–Crippen LogP) is 4.00. The van der Waals surface area contributed by atoms with E-state index in [1.807, 2.05) is 6.92 Å². The van der Waals surface area contributed by atoms with Crippen LogP contribution in [0.15, 0.2) is 51.9 Å². The fraction of sp³-hybridized carbons (Fsp3) is 0.182. The number of carbonyl (C=O) groups excluding carboxylic acids is 1. The van der Waals surface area contributed by atoms with Gasteiger partial charge in [0.1, 0.15) is 17.3 Å². The highest BCUT2D eigenvalue weighted by atomic mass is 35.5. The first-order chi connectivity index (χ1) is 15.4. The van der Waals surface area contributed by atoms with Crippen molar-refractivity contribution in [3.63, 3.8) is 0 Å². The molecule has 0 aliphatic carbocycles. The van der Waals surface area contributed by atoms with Crippen molar-refractivity contribution in [1.82, 2.24) is 19.7 Å². The number of aromatic amines is 1. The molecule has 0 radical (unpaired) electrons. The molecule has 4 aromatic rings. The number of aromatic nitrogens is 4. The summed E-state index contributed by atoms with van der Waals surface area (Å²) in [6.45, 7) is 3.63. The van der Waals surface area contributed by atoms with E-state index in [1.165, 1.54) is 24.1 Å². The third-order valence-corrected chi connectivity index (χ3v) is 5.13. The zero-order valence-corrected chi connectivity index (χ0v) is 18.4. The van der Waals surface area contributed by atoms with Crippen LogP contribution >= 0.6 is 11.6 Å². The third-order valence-electron chi connectivity index (χ3n) is 4.89. The van der Waals surface area contributed by atoms with Crippen molar-refractivity contribution < 1.29 is 13.9 Å². The predicted molar refractivity (Wildman–Crippen MR) is 120 cm³/mol. The van der Waals surface area contributed by atoms with Crippen molar-refractivity contribution in [2.75, 3.05) is 12.4 Å². The summed E-state index contributed by atoms with van der Waals surface area (Å²) in [4.78, 5) is 32.8. The smallest absolute Gasteiger partial charge is 0.260 e. The highest BCUT2D eigenvalue weighted by Gasteiger charge is 2.20. The number of rotatable bonds is 6. The van der Waals surface area contributed by atoms with Crippen LogP contribution in [0.3, 0.4) is 0 Å². The number of amides is 1. The highest BCUT2D eigenvalue weighted by molar-refractivity contribution is 6.31. The average Bonchev–Trinajstić information content (AvgIpc) is 3.43. The first-order valence-electron chi connectivity index (χ1n) is 9.80. The van der Waals surface area contributed by atoms with Gasteiger partial charge in [-0.15, -0.1) is 0 Å². The van der Waals surface area contributed by atoms with Gasteiger partial charge in [-0.25, -0.2) is 4.98 Å². The van der Waals surface area contributed by atoms with Gasteiger partial charge in [0.05, 0.1) is 18.9 Å². The standard InChI is InChI=1S/C22H20ClN5O4/c1-4-14-12(2)24-22(26-20(14)29)28-19(11-16(27-28)18-6-5-9-32-18)25-21(30)15-10-13(23)7-8-17(15)31-3/h5-11H,4H2,1-3H3,(H,25,30)(H,24,26,29). The van der Waals surface area contributed by atoms with Crippen LogP contribution in [-0.4, -0.2) is 32.8 Å². The Labute approximate surface area is 188 Å². The molecule has 0 aliphatic heterocycles. The third kappa shape index (κ3) is 4.02. The molecule has 3 aromatic heterocycles. The summed E-state index contributed by atoms with van der Waals surface area (Å²) >= 11 is 6.07. The lowest BCUT2D eigenvalue weighted by Gasteiger charge is -2.11. The molecule has 1 aromatic carbocycles. The summed E-state index contributed by atoms with van der Waals surface area (Å²) in [5, 5.41) is 7.67. The molecule has 0 aliphatic rings. The lowest BCUT2D eigenvalue weighted by molar-refractivity contribution is 0.102. The summed E-state index contributed by atoms with van der Waals surface area (Å²) in [6, 6.07) is 9.82. The number of benzene rings is 1. The Morgan fingerprint density at radius 3 is 2.78 bits per heavy atom. The van der Waals surface area contributed by atoms with Crippen LogP contribution in [0.2, 0.25) is 5.02 Å². The lowest BCUT2D eigenvalue weighted by Crippen LogP contribution is -2.22. The summed E-state index contributed by atoms with van der Waals surface area (Å²) in [7, 11) is 1.46. The minimum atomic E-state index is -0.472. The fourth-order valence-corrected chi connectivity index (χ4v) is 3.50. The molecule has 1 amide bonds. The first-order valence-corrected chi connectivity index (χ1v) is 10.2. The molecule has 9 nitrogen and oxygen atoms in total. The summed E-state index contributed by atoms with van der Waals surface area (Å²) in [5.74, 6) is 0.814. The maximum atomic E-state index is 13.1. The number of furan rings is 1. The minimum absolute atomic E-state index is 0.163. The first kappa shape index (κ1) is 21.4. The highest BCUT2D eigenvalue weighted by Crippen LogP contribution is 2.27. The van der Waals surface area contributed by atoms with E-state index < -0.39 is 5.91 Å². The van der Waals surface area contributed by atoms with Gasteiger partial charge in [-0.1, -0.05) is 18.5 Å². The molecule has 4 rings (SSSR count). The quantitative estimate of drug-likeness (QED) is 0.456. The van der Waals surface area contributed by atoms with Gasteiger partial charge in [-0.05, 0) is 43.7 Å². The number of methoxy groups -OCH3 is 1. The molecule has 0 atom stereocenters. The lowest BCUT2D eigenvalue weighted by atomic mass is 10.2. The van der Waals surface area contributed by atoms with E-state index >= 15 is 0 Å². The van der Waals surface area contributed by atoms with Gasteiger partial charge < -0.3 is 14.5 Å². The zero-order chi connectivity index (χ0) is 22.8. The van der Waals surface area contributed by atoms with E-state index in [0.717, 1.165) is 0 Å². The maximum Gasteiger partial charge on any atom is 0.260 e. The molecular formula is C22H20ClN5O4. The van der Waals surface area contributed by atoms with Gasteiger partial charge in [0, 0.05) is 22.3 Å². The number of nitrogens with one attached hydrogen (secondary N) is 2. The molecule has 0 fully saturated rings. The SMILES string of the molecule is CCc1c(C)nc(-n2nc(-c3ccco3)cc2NC(=O)c2cc(Cl)ccc2OC)[nH]c1=O. The van der Waals surface area contributed by atoms with E-state index in [9.17, 15) is 9.59 Å². The molecule has 164 valence electrons. The molecular weight excluding hydrogens is 434 g/mol. The number of nitrogens with zero attached hydrogens (tertiary/aromatic N) is 3. The van der Waals surface area contributed by atoms with E-state index in [0.29, 0.717) is 39.9 Å². The Morgan fingerprint density at radius 2 is 2.12 bits per heavy atom. The number of carbonyl (C=O) groups is 1. The molecule has 32 heavy (non-hydrogen) atoms. The van der Waals surface area contributed by atoms with Crippen molar-refractivity contribution in [2.24, 2.45) is 0 Å². The van der Waals surface area contributed by atoms with Crippen LogP contribution in [0.4, 0.5) is 5.82 Å². The van der Waals surface area contributed by atoms with Gasteiger partial charge in [0.2, 0.25) is 5.95 Å². The topological polar surface area (TPSA) is 115 Å². The Morgan fingerprint density at radius 1 is 1.31 bits per heavy atom. The van der Waals surface area contributed by atoms with Crippen LogP contribution in [0.5, 0.6) is 5.75 Å². The molecule has 3 heterocycles. The molecule has 2 N–H and O–H groups in total. The molecule has 0 spiro atoms. The number of aryl methyl sites for hydroxylation is 1. The van der Waals surface area contributed by atoms with E-state index in [4.69, 9.17) is 20.8 Å². The van der Waals surface area contributed by atoms with Gasteiger partial charge in [-0.3, -0.25) is 14.6 Å². The second-order valence-corrected chi connectivity index (χ2v) is 7.35. The Hall–Kier alpha value is -3.85. The maximum absolute atomic E-state index is 13.1. The fourth-order valence-electron chi connectivity index (χ4n) is 3.33. The Kier molecular flexibility index (Phi) is 5.83. The molecule has 0 bridgehead atoms. The zero-order valence-electron chi connectivity index (χ0n) is 17.6. The van der Waals surface area contributed by atoms with Gasteiger partial charge in [-0.2, -0.15) is 9.78 Å². The number of anilines is 1. The van der Waals surface area contributed by atoms with Crippen molar-refractivity contribution in [3.8, 4) is 23.2 Å². The molecule has 0 saturated carbocycles. The number of ether oxygens (including phenoxy) is 1. The van der Waals surface area contributed by atoms with E-state index in [1.54, 1.807) is 37.3 Å². The Bertz CT molecular complexity index is 1340. The van der Waals surface area contributed by atoms with Crippen LogP contribution in [0.25, 0.3) is 17.4 Å². The number of hydrogen-bond acceptors (Lipinski definition) is 6. The van der Waals surface area contributed by atoms with Gasteiger partial charge in [0.15, 0.2) is 5.76 Å². The largest absolute Gasteiger partial charge is 0.496 e. The normalized spacial score (nSPS) is 10.9. The average molecular weight is 454 g/mol. The second-order valence-electron chi connectivity index (χ2n) is 6.91. The number of halogens is 1. The number of H-pyrrole nitrogens is 1. The summed E-state index contributed by atoms with van der Waals surface area (Å²) < 4.78 is 12.1. The van der Waals surface area contributed by atoms with Gasteiger partial charge in [0.25, 0.3) is 11.5 Å². The van der Waals surface area contributed by atoms with Crippen LogP contribution in [0, 0.1) is 6.92 Å². The number of hydrogen-bond donors (Lipinski definition) is 2.